The van der Waals surface area contributed by atoms with Crippen molar-refractivity contribution in [3.8, 4) is 0 Å². The molecule has 0 aromatic heterocycles. The summed E-state index contributed by atoms with van der Waals surface area (Å²) >= 11 is 0. The second kappa shape index (κ2) is 8.30. The van der Waals surface area contributed by atoms with Crippen molar-refractivity contribution in [1.29, 1.82) is 0 Å². The Morgan fingerprint density at radius 1 is 1.22 bits per heavy atom. The molecule has 1 fully saturated rings. The van der Waals surface area contributed by atoms with E-state index in [9.17, 15) is 4.79 Å². The van der Waals surface area contributed by atoms with Crippen LogP contribution in [-0.4, -0.2) is 25.7 Å². The molecule has 0 saturated heterocycles. The van der Waals surface area contributed by atoms with Gasteiger partial charge in [-0.1, -0.05) is 32.8 Å². The lowest BCUT2D eigenvalue weighted by atomic mass is 9.81. The van der Waals surface area contributed by atoms with Gasteiger partial charge in [-0.2, -0.15) is 0 Å². The van der Waals surface area contributed by atoms with Crippen LogP contribution in [0.4, 0.5) is 0 Å². The maximum atomic E-state index is 11.3. The lowest BCUT2D eigenvalue weighted by Gasteiger charge is -2.27. The van der Waals surface area contributed by atoms with E-state index in [0.717, 1.165) is 18.4 Å². The zero-order chi connectivity index (χ0) is 13.4. The van der Waals surface area contributed by atoms with E-state index in [-0.39, 0.29) is 5.97 Å². The number of carbonyl (C=O) groups is 1. The van der Waals surface area contributed by atoms with Gasteiger partial charge in [0.1, 0.15) is 0 Å². The monoisotopic (exact) mass is 253 g/mol. The van der Waals surface area contributed by atoms with E-state index < -0.39 is 0 Å². The Hall–Kier alpha value is -0.830. The number of carbonyl (C=O) groups excluding carboxylic acids is 1. The molecular formula is C15H27NO2. The van der Waals surface area contributed by atoms with Gasteiger partial charge in [0, 0.05) is 12.1 Å². The zero-order valence-corrected chi connectivity index (χ0v) is 11.8. The molecule has 0 unspecified atom stereocenters. The minimum atomic E-state index is -0.278. The molecule has 0 atom stereocenters. The average molecular weight is 253 g/mol. The first kappa shape index (κ1) is 15.2. The molecule has 104 valence electrons. The van der Waals surface area contributed by atoms with Crippen molar-refractivity contribution >= 4 is 5.97 Å². The smallest absolute Gasteiger partial charge is 0.334 e. The third-order valence-corrected chi connectivity index (χ3v) is 3.88. The SMILES string of the molecule is C=C(CNCC1CCC(CC)CC1)C(=O)OCC. The first-order valence-electron chi connectivity index (χ1n) is 7.22. The van der Waals surface area contributed by atoms with E-state index in [0.29, 0.717) is 18.7 Å². The Labute approximate surface area is 111 Å². The molecule has 0 heterocycles. The quantitative estimate of drug-likeness (QED) is 0.560. The van der Waals surface area contributed by atoms with Gasteiger partial charge in [0.2, 0.25) is 0 Å². The van der Waals surface area contributed by atoms with Gasteiger partial charge in [-0.3, -0.25) is 0 Å². The summed E-state index contributed by atoms with van der Waals surface area (Å²) in [6, 6.07) is 0. The van der Waals surface area contributed by atoms with E-state index in [1.165, 1.54) is 32.1 Å². The molecular weight excluding hydrogens is 226 g/mol. The molecule has 0 aromatic rings. The summed E-state index contributed by atoms with van der Waals surface area (Å²) in [7, 11) is 0. The third-order valence-electron chi connectivity index (χ3n) is 3.88. The second-order valence-electron chi connectivity index (χ2n) is 5.25. The Balaban J connectivity index is 2.11. The Kier molecular flexibility index (Phi) is 7.02. The van der Waals surface area contributed by atoms with Crippen molar-refractivity contribution in [1.82, 2.24) is 5.32 Å². The van der Waals surface area contributed by atoms with E-state index in [1.54, 1.807) is 0 Å². The normalized spacial score (nSPS) is 23.7. The molecule has 1 saturated carbocycles. The largest absolute Gasteiger partial charge is 0.463 e. The highest BCUT2D eigenvalue weighted by Crippen LogP contribution is 2.29. The standard InChI is InChI=1S/C15H27NO2/c1-4-13-6-8-14(9-7-13)11-16-10-12(3)15(17)18-5-2/h13-14,16H,3-11H2,1-2H3. The first-order chi connectivity index (χ1) is 8.67. The summed E-state index contributed by atoms with van der Waals surface area (Å²) in [6.45, 7) is 9.80. The van der Waals surface area contributed by atoms with Gasteiger partial charge in [0.15, 0.2) is 0 Å². The van der Waals surface area contributed by atoms with Crippen molar-refractivity contribution < 1.29 is 9.53 Å². The number of hydrogen-bond acceptors (Lipinski definition) is 3. The number of rotatable bonds is 7. The van der Waals surface area contributed by atoms with Crippen LogP contribution < -0.4 is 5.32 Å². The average Bonchev–Trinajstić information content (AvgIpc) is 2.39. The van der Waals surface area contributed by atoms with Gasteiger partial charge in [-0.25, -0.2) is 4.79 Å². The van der Waals surface area contributed by atoms with Gasteiger partial charge < -0.3 is 10.1 Å². The van der Waals surface area contributed by atoms with Gasteiger partial charge in [-0.05, 0) is 38.1 Å². The van der Waals surface area contributed by atoms with Gasteiger partial charge in [0.05, 0.1) is 6.61 Å². The molecule has 1 N–H and O–H groups in total. The summed E-state index contributed by atoms with van der Waals surface area (Å²) in [5.41, 5.74) is 0.527. The van der Waals surface area contributed by atoms with Crippen LogP contribution in [-0.2, 0) is 9.53 Å². The highest BCUT2D eigenvalue weighted by Gasteiger charge is 2.19. The van der Waals surface area contributed by atoms with Crippen LogP contribution in [0.2, 0.25) is 0 Å². The highest BCUT2D eigenvalue weighted by atomic mass is 16.5. The topological polar surface area (TPSA) is 38.3 Å². The van der Waals surface area contributed by atoms with Crippen LogP contribution in [0.3, 0.4) is 0 Å². The van der Waals surface area contributed by atoms with E-state index in [1.807, 2.05) is 6.92 Å². The van der Waals surface area contributed by atoms with E-state index in [2.05, 4.69) is 18.8 Å². The summed E-state index contributed by atoms with van der Waals surface area (Å²) in [5, 5.41) is 3.33. The van der Waals surface area contributed by atoms with E-state index >= 15 is 0 Å². The number of esters is 1. The number of hydrogen-bond donors (Lipinski definition) is 1. The molecule has 0 spiro atoms. The molecule has 18 heavy (non-hydrogen) atoms. The molecule has 0 amide bonds. The molecule has 1 aliphatic carbocycles. The molecule has 3 nitrogen and oxygen atoms in total. The fraction of sp³-hybridized carbons (Fsp3) is 0.800. The van der Waals surface area contributed by atoms with Crippen LogP contribution in [0.25, 0.3) is 0 Å². The molecule has 3 heteroatoms. The second-order valence-corrected chi connectivity index (χ2v) is 5.25. The van der Waals surface area contributed by atoms with Crippen molar-refractivity contribution in [2.45, 2.75) is 46.0 Å². The molecule has 0 aromatic carbocycles. The van der Waals surface area contributed by atoms with Crippen LogP contribution in [0.1, 0.15) is 46.0 Å². The Bertz CT molecular complexity index is 268. The molecule has 1 rings (SSSR count). The third kappa shape index (κ3) is 5.21. The Morgan fingerprint density at radius 2 is 1.83 bits per heavy atom. The van der Waals surface area contributed by atoms with Crippen molar-refractivity contribution in [3.63, 3.8) is 0 Å². The van der Waals surface area contributed by atoms with E-state index in [4.69, 9.17) is 4.74 Å². The summed E-state index contributed by atoms with van der Waals surface area (Å²) in [5.74, 6) is 1.43. The van der Waals surface area contributed by atoms with Gasteiger partial charge in [0.25, 0.3) is 0 Å². The summed E-state index contributed by atoms with van der Waals surface area (Å²) < 4.78 is 4.90. The van der Waals surface area contributed by atoms with Gasteiger partial charge >= 0.3 is 5.97 Å². The van der Waals surface area contributed by atoms with Crippen molar-refractivity contribution in [3.05, 3.63) is 12.2 Å². The van der Waals surface area contributed by atoms with Crippen LogP contribution >= 0.6 is 0 Å². The first-order valence-corrected chi connectivity index (χ1v) is 7.22. The predicted molar refractivity (Wildman–Crippen MR) is 74.4 cm³/mol. The molecule has 0 aliphatic heterocycles. The lowest BCUT2D eigenvalue weighted by molar-refractivity contribution is -0.138. The maximum absolute atomic E-state index is 11.3. The number of nitrogens with one attached hydrogen (secondary N) is 1. The summed E-state index contributed by atoms with van der Waals surface area (Å²) in [4.78, 5) is 11.3. The van der Waals surface area contributed by atoms with Crippen LogP contribution in [0, 0.1) is 11.8 Å². The molecule has 1 aliphatic rings. The lowest BCUT2D eigenvalue weighted by Crippen LogP contribution is -2.29. The van der Waals surface area contributed by atoms with Crippen LogP contribution in [0.5, 0.6) is 0 Å². The molecule has 0 bridgehead atoms. The van der Waals surface area contributed by atoms with Crippen molar-refractivity contribution in [2.24, 2.45) is 11.8 Å². The summed E-state index contributed by atoms with van der Waals surface area (Å²) in [6.07, 6.45) is 6.68. The Morgan fingerprint density at radius 3 is 2.39 bits per heavy atom. The minimum absolute atomic E-state index is 0.278. The predicted octanol–water partition coefficient (Wildman–Crippen LogP) is 2.91. The van der Waals surface area contributed by atoms with Crippen LogP contribution in [0.15, 0.2) is 12.2 Å². The number of ether oxygens (including phenoxy) is 1. The fourth-order valence-corrected chi connectivity index (χ4v) is 2.58. The molecule has 0 radical (unpaired) electrons. The highest BCUT2D eigenvalue weighted by molar-refractivity contribution is 5.88. The zero-order valence-electron chi connectivity index (χ0n) is 11.8. The minimum Gasteiger partial charge on any atom is -0.463 e. The van der Waals surface area contributed by atoms with Crippen molar-refractivity contribution in [2.75, 3.05) is 19.7 Å². The van der Waals surface area contributed by atoms with Gasteiger partial charge in [-0.15, -0.1) is 0 Å². The fourth-order valence-electron chi connectivity index (χ4n) is 2.58. The maximum Gasteiger partial charge on any atom is 0.334 e.